The highest BCUT2D eigenvalue weighted by molar-refractivity contribution is 6.19. The predicted octanol–water partition coefficient (Wildman–Crippen LogP) is 0.186. The smallest absolute Gasteiger partial charge is 0.0945 e. The standard InChI is InChI=1S/C4H8Cl2O2/c5-1-3(7)4(8)2-6/h3-4,7-8H,1-2H2. The number of aliphatic hydroxyl groups is 2. The second-order valence-corrected chi connectivity index (χ2v) is 2.06. The Kier molecular flexibility index (Phi) is 4.66. The minimum Gasteiger partial charge on any atom is -0.389 e. The van der Waals surface area contributed by atoms with Gasteiger partial charge in [0, 0.05) is 0 Å². The van der Waals surface area contributed by atoms with Gasteiger partial charge < -0.3 is 10.2 Å². The highest BCUT2D eigenvalue weighted by Crippen LogP contribution is 1.97. The first-order chi connectivity index (χ1) is 3.72. The van der Waals surface area contributed by atoms with Gasteiger partial charge in [0.15, 0.2) is 0 Å². The summed E-state index contributed by atoms with van der Waals surface area (Å²) < 4.78 is 0. The normalized spacial score (nSPS) is 18.0. The summed E-state index contributed by atoms with van der Waals surface area (Å²) in [5.41, 5.74) is 0. The van der Waals surface area contributed by atoms with Gasteiger partial charge in [-0.3, -0.25) is 0 Å². The Morgan fingerprint density at radius 1 is 1.00 bits per heavy atom. The van der Waals surface area contributed by atoms with Gasteiger partial charge >= 0.3 is 0 Å². The van der Waals surface area contributed by atoms with Gasteiger partial charge in [0.2, 0.25) is 0 Å². The molecule has 50 valence electrons. The predicted molar refractivity (Wildman–Crippen MR) is 33.5 cm³/mol. The molecule has 8 heavy (non-hydrogen) atoms. The molecule has 2 atom stereocenters. The van der Waals surface area contributed by atoms with Crippen LogP contribution >= 0.6 is 23.2 Å². The molecule has 0 saturated heterocycles. The molecule has 2 unspecified atom stereocenters. The van der Waals surface area contributed by atoms with E-state index in [9.17, 15) is 0 Å². The quantitative estimate of drug-likeness (QED) is 0.577. The van der Waals surface area contributed by atoms with Gasteiger partial charge in [0.1, 0.15) is 0 Å². The molecular formula is C4H8Cl2O2. The molecule has 0 fully saturated rings. The average Bonchev–Trinajstić information content (AvgIpc) is 1.84. The molecule has 0 aromatic carbocycles. The first-order valence-corrected chi connectivity index (χ1v) is 3.27. The zero-order chi connectivity index (χ0) is 6.57. The lowest BCUT2D eigenvalue weighted by Gasteiger charge is -2.10. The Balaban J connectivity index is 3.29. The molecule has 2 N–H and O–H groups in total. The van der Waals surface area contributed by atoms with Crippen LogP contribution in [0.5, 0.6) is 0 Å². The summed E-state index contributed by atoms with van der Waals surface area (Å²) in [7, 11) is 0. The summed E-state index contributed by atoms with van der Waals surface area (Å²) >= 11 is 10.3. The van der Waals surface area contributed by atoms with Crippen LogP contribution in [-0.4, -0.2) is 34.2 Å². The summed E-state index contributed by atoms with van der Waals surface area (Å²) in [6.45, 7) is 0. The molecule has 0 rings (SSSR count). The molecule has 0 bridgehead atoms. The van der Waals surface area contributed by atoms with E-state index in [0.717, 1.165) is 0 Å². The van der Waals surface area contributed by atoms with Gasteiger partial charge in [0.05, 0.1) is 24.0 Å². The summed E-state index contributed by atoms with van der Waals surface area (Å²) in [6, 6.07) is 0. The fraction of sp³-hybridized carbons (Fsp3) is 1.00. The third kappa shape index (κ3) is 2.72. The summed E-state index contributed by atoms with van der Waals surface area (Å²) in [4.78, 5) is 0. The number of hydrogen-bond acceptors (Lipinski definition) is 2. The topological polar surface area (TPSA) is 40.5 Å². The van der Waals surface area contributed by atoms with E-state index in [1.807, 2.05) is 0 Å². The molecule has 0 aromatic heterocycles. The van der Waals surface area contributed by atoms with E-state index < -0.39 is 12.2 Å². The Hall–Kier alpha value is 0.500. The first-order valence-electron chi connectivity index (χ1n) is 2.20. The second-order valence-electron chi connectivity index (χ2n) is 1.44. The summed E-state index contributed by atoms with van der Waals surface area (Å²) in [6.07, 6.45) is -1.79. The fourth-order valence-electron chi connectivity index (χ4n) is 0.206. The van der Waals surface area contributed by atoms with Crippen molar-refractivity contribution in [2.45, 2.75) is 12.2 Å². The summed E-state index contributed by atoms with van der Waals surface area (Å²) in [5.74, 6) is 0.0434. The Morgan fingerprint density at radius 2 is 1.25 bits per heavy atom. The van der Waals surface area contributed by atoms with E-state index in [-0.39, 0.29) is 11.8 Å². The molecule has 0 aliphatic rings. The highest BCUT2D eigenvalue weighted by Gasteiger charge is 2.12. The van der Waals surface area contributed by atoms with Crippen LogP contribution in [0.15, 0.2) is 0 Å². The minimum atomic E-state index is -0.894. The van der Waals surface area contributed by atoms with Crippen molar-refractivity contribution in [3.63, 3.8) is 0 Å². The van der Waals surface area contributed by atoms with Crippen molar-refractivity contribution in [1.82, 2.24) is 0 Å². The molecule has 0 aliphatic carbocycles. The van der Waals surface area contributed by atoms with Crippen LogP contribution in [-0.2, 0) is 0 Å². The molecular weight excluding hydrogens is 151 g/mol. The van der Waals surface area contributed by atoms with Crippen LogP contribution in [0.1, 0.15) is 0 Å². The van der Waals surface area contributed by atoms with Gasteiger partial charge in [-0.2, -0.15) is 0 Å². The van der Waals surface area contributed by atoms with Crippen LogP contribution in [0.3, 0.4) is 0 Å². The van der Waals surface area contributed by atoms with Crippen LogP contribution in [0, 0.1) is 0 Å². The van der Waals surface area contributed by atoms with E-state index in [0.29, 0.717) is 0 Å². The first kappa shape index (κ1) is 8.50. The zero-order valence-electron chi connectivity index (χ0n) is 4.22. The third-order valence-electron chi connectivity index (χ3n) is 0.760. The van der Waals surface area contributed by atoms with E-state index in [2.05, 4.69) is 0 Å². The van der Waals surface area contributed by atoms with Gasteiger partial charge in [-0.15, -0.1) is 23.2 Å². The molecule has 4 heteroatoms. The number of halogens is 2. The molecule has 0 saturated carbocycles. The lowest BCUT2D eigenvalue weighted by atomic mass is 10.3. The number of aliphatic hydroxyl groups excluding tert-OH is 2. The van der Waals surface area contributed by atoms with Crippen molar-refractivity contribution in [2.75, 3.05) is 11.8 Å². The lowest BCUT2D eigenvalue weighted by molar-refractivity contribution is 0.0483. The minimum absolute atomic E-state index is 0.0217. The van der Waals surface area contributed by atoms with Gasteiger partial charge in [0.25, 0.3) is 0 Å². The lowest BCUT2D eigenvalue weighted by Crippen LogP contribution is -2.28. The molecule has 0 spiro atoms. The molecule has 0 aliphatic heterocycles. The molecule has 2 nitrogen and oxygen atoms in total. The van der Waals surface area contributed by atoms with E-state index in [4.69, 9.17) is 33.4 Å². The third-order valence-corrected chi connectivity index (χ3v) is 1.39. The molecule has 0 heterocycles. The Bertz CT molecular complexity index is 52.0. The Labute approximate surface area is 58.0 Å². The van der Waals surface area contributed by atoms with Crippen molar-refractivity contribution in [3.05, 3.63) is 0 Å². The van der Waals surface area contributed by atoms with E-state index in [1.54, 1.807) is 0 Å². The maximum atomic E-state index is 8.66. The maximum absolute atomic E-state index is 8.66. The second kappa shape index (κ2) is 4.39. The number of alkyl halides is 2. The largest absolute Gasteiger partial charge is 0.389 e. The monoisotopic (exact) mass is 158 g/mol. The van der Waals surface area contributed by atoms with E-state index >= 15 is 0 Å². The van der Waals surface area contributed by atoms with Crippen LogP contribution in [0.2, 0.25) is 0 Å². The summed E-state index contributed by atoms with van der Waals surface area (Å²) in [5, 5.41) is 17.3. The number of rotatable bonds is 3. The van der Waals surface area contributed by atoms with Crippen molar-refractivity contribution in [3.8, 4) is 0 Å². The number of hydrogen-bond donors (Lipinski definition) is 2. The van der Waals surface area contributed by atoms with E-state index in [1.165, 1.54) is 0 Å². The van der Waals surface area contributed by atoms with Crippen LogP contribution < -0.4 is 0 Å². The van der Waals surface area contributed by atoms with Crippen LogP contribution in [0.4, 0.5) is 0 Å². The van der Waals surface area contributed by atoms with Crippen molar-refractivity contribution in [1.29, 1.82) is 0 Å². The maximum Gasteiger partial charge on any atom is 0.0945 e. The van der Waals surface area contributed by atoms with Gasteiger partial charge in [-0.1, -0.05) is 0 Å². The SMILES string of the molecule is OC(CCl)C(O)CCl. The fourth-order valence-corrected chi connectivity index (χ4v) is 0.617. The molecule has 0 amide bonds. The molecule has 0 aromatic rings. The van der Waals surface area contributed by atoms with Gasteiger partial charge in [-0.25, -0.2) is 0 Å². The van der Waals surface area contributed by atoms with Crippen molar-refractivity contribution < 1.29 is 10.2 Å². The highest BCUT2D eigenvalue weighted by atomic mass is 35.5. The van der Waals surface area contributed by atoms with Crippen molar-refractivity contribution >= 4 is 23.2 Å². The van der Waals surface area contributed by atoms with Crippen molar-refractivity contribution in [2.24, 2.45) is 0 Å². The van der Waals surface area contributed by atoms with Gasteiger partial charge in [-0.05, 0) is 0 Å². The van der Waals surface area contributed by atoms with Crippen LogP contribution in [0.25, 0.3) is 0 Å². The average molecular weight is 159 g/mol. The molecule has 0 radical (unpaired) electrons. The zero-order valence-corrected chi connectivity index (χ0v) is 5.73. The Morgan fingerprint density at radius 3 is 1.38 bits per heavy atom.